The molecule has 1 aliphatic rings. The number of hydrogen-bond donors (Lipinski definition) is 2. The van der Waals surface area contributed by atoms with Crippen LogP contribution in [-0.2, 0) is 4.79 Å². The number of fused-ring (bicyclic) bond motifs is 1. The highest BCUT2D eigenvalue weighted by Gasteiger charge is 2.42. The van der Waals surface area contributed by atoms with Crippen LogP contribution < -0.4 is 11.5 Å². The van der Waals surface area contributed by atoms with E-state index in [2.05, 4.69) is 0 Å². The maximum Gasteiger partial charge on any atom is 0.270 e. The summed E-state index contributed by atoms with van der Waals surface area (Å²) in [5.74, 6) is -1.99. The van der Waals surface area contributed by atoms with E-state index >= 15 is 0 Å². The van der Waals surface area contributed by atoms with Gasteiger partial charge < -0.3 is 11.5 Å². The van der Waals surface area contributed by atoms with Crippen LogP contribution in [0.2, 0.25) is 0 Å². The number of unbranched alkanes of at least 4 members (excludes halogenated alkanes) is 1. The molecule has 4 N–H and O–H groups in total. The molecule has 0 aliphatic carbocycles. The SMILES string of the molecule is CCCCC(N)C(=O)N1C(=O)c2cccc(N)c2C1=O. The number of carbonyl (C=O) groups excluding carboxylic acids is 3. The Labute approximate surface area is 116 Å². The van der Waals surface area contributed by atoms with Crippen LogP contribution in [0.25, 0.3) is 0 Å². The molecule has 1 aromatic rings. The first kappa shape index (κ1) is 14.2. The van der Waals surface area contributed by atoms with E-state index in [1.54, 1.807) is 6.07 Å². The van der Waals surface area contributed by atoms with Crippen LogP contribution in [0.1, 0.15) is 46.9 Å². The zero-order valence-corrected chi connectivity index (χ0v) is 11.3. The number of benzene rings is 1. The van der Waals surface area contributed by atoms with Gasteiger partial charge in [-0.05, 0) is 18.6 Å². The fourth-order valence-electron chi connectivity index (χ4n) is 2.23. The van der Waals surface area contributed by atoms with Gasteiger partial charge in [-0.15, -0.1) is 0 Å². The predicted octanol–water partition coefficient (Wildman–Crippen LogP) is 0.909. The van der Waals surface area contributed by atoms with Crippen LogP contribution in [0.3, 0.4) is 0 Å². The van der Waals surface area contributed by atoms with E-state index in [0.29, 0.717) is 11.3 Å². The van der Waals surface area contributed by atoms with Crippen molar-refractivity contribution in [3.63, 3.8) is 0 Å². The summed E-state index contributed by atoms with van der Waals surface area (Å²) in [5.41, 5.74) is 11.9. The molecule has 0 spiro atoms. The van der Waals surface area contributed by atoms with E-state index < -0.39 is 23.8 Å². The average Bonchev–Trinajstić information content (AvgIpc) is 2.68. The molecule has 0 radical (unpaired) electrons. The van der Waals surface area contributed by atoms with Crippen LogP contribution >= 0.6 is 0 Å². The Morgan fingerprint density at radius 3 is 2.60 bits per heavy atom. The topological polar surface area (TPSA) is 106 Å². The van der Waals surface area contributed by atoms with Crippen molar-refractivity contribution in [3.8, 4) is 0 Å². The van der Waals surface area contributed by atoms with E-state index in [1.165, 1.54) is 12.1 Å². The van der Waals surface area contributed by atoms with Gasteiger partial charge in [0.25, 0.3) is 17.7 Å². The summed E-state index contributed by atoms with van der Waals surface area (Å²) in [5, 5.41) is 0. The Morgan fingerprint density at radius 1 is 1.30 bits per heavy atom. The molecule has 1 atom stereocenters. The lowest BCUT2D eigenvalue weighted by Crippen LogP contribution is -2.46. The van der Waals surface area contributed by atoms with Gasteiger partial charge >= 0.3 is 0 Å². The number of imide groups is 3. The molecule has 20 heavy (non-hydrogen) atoms. The van der Waals surface area contributed by atoms with Crippen molar-refractivity contribution < 1.29 is 14.4 Å². The molecule has 0 saturated carbocycles. The third kappa shape index (κ3) is 2.18. The van der Waals surface area contributed by atoms with Crippen LogP contribution in [0.4, 0.5) is 5.69 Å². The fraction of sp³-hybridized carbons (Fsp3) is 0.357. The monoisotopic (exact) mass is 275 g/mol. The molecule has 1 unspecified atom stereocenters. The summed E-state index contributed by atoms with van der Waals surface area (Å²) >= 11 is 0. The summed E-state index contributed by atoms with van der Waals surface area (Å²) in [6.45, 7) is 1.97. The lowest BCUT2D eigenvalue weighted by molar-refractivity contribution is -0.127. The number of hydrogen-bond acceptors (Lipinski definition) is 5. The normalized spacial score (nSPS) is 15.4. The second kappa shape index (κ2) is 5.42. The number of nitrogens with zero attached hydrogens (tertiary/aromatic N) is 1. The van der Waals surface area contributed by atoms with Crippen LogP contribution in [0.15, 0.2) is 18.2 Å². The minimum atomic E-state index is -0.849. The summed E-state index contributed by atoms with van der Waals surface area (Å²) in [7, 11) is 0. The molecule has 3 amide bonds. The number of carbonyl (C=O) groups is 3. The van der Waals surface area contributed by atoms with Crippen molar-refractivity contribution in [2.75, 3.05) is 5.73 Å². The smallest absolute Gasteiger partial charge is 0.270 e. The van der Waals surface area contributed by atoms with Gasteiger partial charge in [0, 0.05) is 5.69 Å². The molecule has 1 aromatic carbocycles. The minimum Gasteiger partial charge on any atom is -0.398 e. The van der Waals surface area contributed by atoms with Gasteiger partial charge in [-0.25, -0.2) is 4.90 Å². The highest BCUT2D eigenvalue weighted by Crippen LogP contribution is 2.28. The maximum atomic E-state index is 12.2. The van der Waals surface area contributed by atoms with Gasteiger partial charge in [-0.2, -0.15) is 0 Å². The Kier molecular flexibility index (Phi) is 3.85. The second-order valence-corrected chi connectivity index (χ2v) is 4.80. The Hall–Kier alpha value is -2.21. The average molecular weight is 275 g/mol. The van der Waals surface area contributed by atoms with Gasteiger partial charge in [0.2, 0.25) is 0 Å². The number of amides is 3. The van der Waals surface area contributed by atoms with Gasteiger partial charge in [0.1, 0.15) is 0 Å². The summed E-state index contributed by atoms with van der Waals surface area (Å²) < 4.78 is 0. The van der Waals surface area contributed by atoms with Crippen LogP contribution in [0.5, 0.6) is 0 Å². The van der Waals surface area contributed by atoms with E-state index in [-0.39, 0.29) is 16.8 Å². The third-order valence-electron chi connectivity index (χ3n) is 3.35. The van der Waals surface area contributed by atoms with Crippen LogP contribution in [-0.4, -0.2) is 28.7 Å². The Bertz CT molecular complexity index is 583. The fourth-order valence-corrected chi connectivity index (χ4v) is 2.23. The predicted molar refractivity (Wildman–Crippen MR) is 73.9 cm³/mol. The molecule has 2 rings (SSSR count). The van der Waals surface area contributed by atoms with Crippen molar-refractivity contribution in [2.24, 2.45) is 5.73 Å². The molecule has 0 saturated heterocycles. The van der Waals surface area contributed by atoms with Gasteiger partial charge in [0.15, 0.2) is 0 Å². The van der Waals surface area contributed by atoms with E-state index in [4.69, 9.17) is 11.5 Å². The van der Waals surface area contributed by atoms with Gasteiger partial charge in [-0.3, -0.25) is 14.4 Å². The van der Waals surface area contributed by atoms with Crippen molar-refractivity contribution >= 4 is 23.4 Å². The number of rotatable bonds is 4. The first-order chi connectivity index (χ1) is 9.49. The number of nitrogen functional groups attached to an aromatic ring is 1. The van der Waals surface area contributed by atoms with Crippen molar-refractivity contribution in [1.82, 2.24) is 4.90 Å². The molecule has 1 heterocycles. The first-order valence-corrected chi connectivity index (χ1v) is 6.55. The summed E-state index contributed by atoms with van der Waals surface area (Å²) in [4.78, 5) is 37.1. The Morgan fingerprint density at radius 2 is 2.00 bits per heavy atom. The standard InChI is InChI=1S/C14H17N3O3/c1-2-3-6-10(16)13(19)17-12(18)8-5-4-7-9(15)11(8)14(17)20/h4-5,7,10H,2-3,6,15-16H2,1H3. The molecule has 1 aliphatic heterocycles. The molecule has 0 bridgehead atoms. The van der Waals surface area contributed by atoms with Crippen molar-refractivity contribution in [2.45, 2.75) is 32.2 Å². The third-order valence-corrected chi connectivity index (χ3v) is 3.35. The molecular weight excluding hydrogens is 258 g/mol. The van der Waals surface area contributed by atoms with Crippen molar-refractivity contribution in [1.29, 1.82) is 0 Å². The lowest BCUT2D eigenvalue weighted by atomic mass is 10.1. The molecule has 6 nitrogen and oxygen atoms in total. The minimum absolute atomic E-state index is 0.0912. The van der Waals surface area contributed by atoms with E-state index in [9.17, 15) is 14.4 Å². The first-order valence-electron chi connectivity index (χ1n) is 6.55. The molecule has 0 fully saturated rings. The zero-order valence-electron chi connectivity index (χ0n) is 11.3. The second-order valence-electron chi connectivity index (χ2n) is 4.80. The number of nitrogens with two attached hydrogens (primary N) is 2. The summed E-state index contributed by atoms with van der Waals surface area (Å²) in [6, 6.07) is 3.73. The largest absolute Gasteiger partial charge is 0.398 e. The molecule has 6 heteroatoms. The summed E-state index contributed by atoms with van der Waals surface area (Å²) in [6.07, 6.45) is 2.09. The lowest BCUT2D eigenvalue weighted by Gasteiger charge is -2.17. The molecular formula is C14H17N3O3. The molecule has 0 aromatic heterocycles. The van der Waals surface area contributed by atoms with Crippen LogP contribution in [0, 0.1) is 0 Å². The number of anilines is 1. The highest BCUT2D eigenvalue weighted by molar-refractivity contribution is 6.31. The van der Waals surface area contributed by atoms with Gasteiger partial charge in [-0.1, -0.05) is 25.8 Å². The van der Waals surface area contributed by atoms with E-state index in [1.807, 2.05) is 6.92 Å². The maximum absolute atomic E-state index is 12.2. The highest BCUT2D eigenvalue weighted by atomic mass is 16.2. The van der Waals surface area contributed by atoms with Gasteiger partial charge in [0.05, 0.1) is 17.2 Å². The molecule has 106 valence electrons. The van der Waals surface area contributed by atoms with Crippen molar-refractivity contribution in [3.05, 3.63) is 29.3 Å². The zero-order chi connectivity index (χ0) is 14.9. The van der Waals surface area contributed by atoms with E-state index in [0.717, 1.165) is 12.8 Å². The quantitative estimate of drug-likeness (QED) is 0.627. The Balaban J connectivity index is 2.29.